The number of nitro groups is 2. The lowest BCUT2D eigenvalue weighted by molar-refractivity contribution is -0.395. The third-order valence-electron chi connectivity index (χ3n) is 4.75. The zero-order valence-electron chi connectivity index (χ0n) is 15.6. The molecule has 3 rings (SSSR count). The van der Waals surface area contributed by atoms with Crippen LogP contribution in [0, 0.1) is 20.2 Å². The third kappa shape index (κ3) is 4.87. The first-order valence-corrected chi connectivity index (χ1v) is 8.94. The summed E-state index contributed by atoms with van der Waals surface area (Å²) in [4.78, 5) is 20.1. The minimum absolute atomic E-state index is 0.374. The van der Waals surface area contributed by atoms with E-state index in [2.05, 4.69) is 0 Å². The first kappa shape index (κ1) is 23.1. The van der Waals surface area contributed by atoms with Gasteiger partial charge in [0.2, 0.25) is 12.0 Å². The lowest BCUT2D eigenvalue weighted by Crippen LogP contribution is -2.59. The number of aliphatic hydroxyl groups is 4. The largest absolute Gasteiger partial charge is 0.454 e. The maximum atomic E-state index is 14.7. The van der Waals surface area contributed by atoms with Crippen LogP contribution < -0.4 is 4.74 Å². The number of nitro benzene ring substituents is 2. The number of aliphatic hydroxyl groups excluding tert-OH is 4. The lowest BCUT2D eigenvalue weighted by atomic mass is 10.0. The summed E-state index contributed by atoms with van der Waals surface area (Å²) in [5, 5.41) is 61.1. The molecule has 31 heavy (non-hydrogen) atoms. The first-order valence-electron chi connectivity index (χ1n) is 8.94. The second-order valence-corrected chi connectivity index (χ2v) is 6.85. The van der Waals surface area contributed by atoms with Crippen molar-refractivity contribution in [1.82, 2.24) is 0 Å². The highest BCUT2D eigenvalue weighted by Crippen LogP contribution is 2.34. The van der Waals surface area contributed by atoms with Gasteiger partial charge in [-0.15, -0.1) is 0 Å². The zero-order chi connectivity index (χ0) is 22.9. The smallest absolute Gasteiger partial charge is 0.317 e. The predicted octanol–water partition coefficient (Wildman–Crippen LogP) is -1.24. The summed E-state index contributed by atoms with van der Waals surface area (Å²) < 4.78 is 35.2. The van der Waals surface area contributed by atoms with Gasteiger partial charge < -0.3 is 39.4 Å². The highest BCUT2D eigenvalue weighted by Gasteiger charge is 2.46. The fourth-order valence-corrected chi connectivity index (χ4v) is 3.02. The highest BCUT2D eigenvalue weighted by molar-refractivity contribution is 5.53. The molecule has 0 spiro atoms. The fourth-order valence-electron chi connectivity index (χ4n) is 3.02. The molecule has 2 saturated heterocycles. The van der Waals surface area contributed by atoms with Crippen LogP contribution in [0.5, 0.6) is 5.75 Å². The summed E-state index contributed by atoms with van der Waals surface area (Å²) in [5.74, 6) is -0.516. The Morgan fingerprint density at radius 2 is 1.65 bits per heavy atom. The van der Waals surface area contributed by atoms with E-state index in [9.17, 15) is 45.0 Å². The normalized spacial score (nSPS) is 36.0. The first-order chi connectivity index (χ1) is 14.6. The van der Waals surface area contributed by atoms with E-state index < -0.39 is 82.8 Å². The monoisotopic (exact) mass is 450 g/mol. The predicted molar refractivity (Wildman–Crippen MR) is 93.7 cm³/mol. The van der Waals surface area contributed by atoms with Gasteiger partial charge in [0, 0.05) is 6.07 Å². The van der Waals surface area contributed by atoms with Gasteiger partial charge in [0.05, 0.1) is 29.1 Å². The van der Waals surface area contributed by atoms with Crippen LogP contribution in [0.2, 0.25) is 0 Å². The van der Waals surface area contributed by atoms with Crippen molar-refractivity contribution in [3.63, 3.8) is 0 Å². The SMILES string of the molecule is O=[N+]([O-])c1ccc(OC2OCC(OC3OCC(O)C(O)C3O)C(O)C2F)c([N+](=O)[O-])c1. The van der Waals surface area contributed by atoms with Crippen LogP contribution in [0.1, 0.15) is 0 Å². The van der Waals surface area contributed by atoms with Gasteiger partial charge in [0.25, 0.3) is 5.69 Å². The van der Waals surface area contributed by atoms with Crippen molar-refractivity contribution in [2.24, 2.45) is 0 Å². The lowest BCUT2D eigenvalue weighted by Gasteiger charge is -2.40. The number of nitrogens with zero attached hydrogens (tertiary/aromatic N) is 2. The molecule has 8 atom stereocenters. The molecule has 0 aromatic heterocycles. The molecule has 2 fully saturated rings. The van der Waals surface area contributed by atoms with Crippen molar-refractivity contribution >= 4 is 11.4 Å². The Balaban J connectivity index is 1.67. The van der Waals surface area contributed by atoms with Crippen molar-refractivity contribution < 1.29 is 53.6 Å². The van der Waals surface area contributed by atoms with Gasteiger partial charge in [0.15, 0.2) is 12.5 Å². The zero-order valence-corrected chi connectivity index (χ0v) is 15.6. The molecule has 0 saturated carbocycles. The molecule has 0 bridgehead atoms. The summed E-state index contributed by atoms with van der Waals surface area (Å²) in [5.41, 5.74) is -1.38. The van der Waals surface area contributed by atoms with Gasteiger partial charge >= 0.3 is 5.69 Å². The van der Waals surface area contributed by atoms with E-state index in [0.717, 1.165) is 12.1 Å². The summed E-state index contributed by atoms with van der Waals surface area (Å²) in [6.45, 7) is -0.862. The Hall–Kier alpha value is -2.53. The van der Waals surface area contributed by atoms with E-state index in [0.29, 0.717) is 6.07 Å². The van der Waals surface area contributed by atoms with Gasteiger partial charge in [-0.1, -0.05) is 0 Å². The average molecular weight is 450 g/mol. The minimum Gasteiger partial charge on any atom is -0.454 e. The van der Waals surface area contributed by atoms with Crippen LogP contribution in [0.25, 0.3) is 0 Å². The molecule has 4 N–H and O–H groups in total. The Kier molecular flexibility index (Phi) is 6.95. The van der Waals surface area contributed by atoms with Crippen molar-refractivity contribution in [2.75, 3.05) is 13.2 Å². The standard InChI is InChI=1S/C16H19FN2O12/c17-11-13(22)10(31-16-14(23)12(21)8(20)4-28-16)5-29-15(11)30-9-2-1-6(18(24)25)3-7(9)19(26)27/h1-3,8,10-16,20-23H,4-5H2. The maximum Gasteiger partial charge on any atom is 0.317 e. The van der Waals surface area contributed by atoms with Crippen LogP contribution in [0.4, 0.5) is 15.8 Å². The fraction of sp³-hybridized carbons (Fsp3) is 0.625. The second kappa shape index (κ2) is 9.31. The molecular weight excluding hydrogens is 431 g/mol. The van der Waals surface area contributed by atoms with Gasteiger partial charge in [-0.05, 0) is 6.07 Å². The molecule has 1 aromatic carbocycles. The number of hydrogen-bond donors (Lipinski definition) is 4. The molecule has 1 aromatic rings. The number of halogens is 1. The molecule has 2 aliphatic heterocycles. The average Bonchev–Trinajstić information content (AvgIpc) is 2.73. The number of non-ortho nitro benzene ring substituents is 1. The van der Waals surface area contributed by atoms with Crippen LogP contribution in [0.15, 0.2) is 18.2 Å². The molecule has 0 aliphatic carbocycles. The number of alkyl halides is 1. The Bertz CT molecular complexity index is 828. The molecule has 2 heterocycles. The van der Waals surface area contributed by atoms with Crippen molar-refractivity contribution in [3.8, 4) is 5.75 Å². The Morgan fingerprint density at radius 1 is 0.968 bits per heavy atom. The van der Waals surface area contributed by atoms with E-state index in [-0.39, 0.29) is 6.61 Å². The molecule has 8 unspecified atom stereocenters. The minimum atomic E-state index is -2.27. The summed E-state index contributed by atoms with van der Waals surface area (Å²) in [6.07, 6.45) is -13.4. The van der Waals surface area contributed by atoms with E-state index in [1.165, 1.54) is 0 Å². The van der Waals surface area contributed by atoms with E-state index in [1.54, 1.807) is 0 Å². The van der Waals surface area contributed by atoms with E-state index in [4.69, 9.17) is 18.9 Å². The van der Waals surface area contributed by atoms with Crippen LogP contribution in [-0.2, 0) is 14.2 Å². The van der Waals surface area contributed by atoms with Crippen LogP contribution in [-0.4, -0.2) is 92.8 Å². The second-order valence-electron chi connectivity index (χ2n) is 6.85. The number of ether oxygens (including phenoxy) is 4. The number of hydrogen-bond acceptors (Lipinski definition) is 12. The molecule has 0 amide bonds. The topological polar surface area (TPSA) is 204 Å². The van der Waals surface area contributed by atoms with Crippen molar-refractivity contribution in [1.29, 1.82) is 0 Å². The van der Waals surface area contributed by atoms with E-state index >= 15 is 0 Å². The van der Waals surface area contributed by atoms with Gasteiger partial charge in [-0.2, -0.15) is 0 Å². The third-order valence-corrected chi connectivity index (χ3v) is 4.75. The van der Waals surface area contributed by atoms with Crippen molar-refractivity contribution in [3.05, 3.63) is 38.4 Å². The van der Waals surface area contributed by atoms with Gasteiger partial charge in [-0.3, -0.25) is 20.2 Å². The summed E-state index contributed by atoms with van der Waals surface area (Å²) in [6, 6.07) is 2.46. The maximum absolute atomic E-state index is 14.7. The van der Waals surface area contributed by atoms with Crippen LogP contribution >= 0.6 is 0 Å². The molecular formula is C16H19FN2O12. The molecule has 2 aliphatic rings. The molecule has 15 heteroatoms. The summed E-state index contributed by atoms with van der Waals surface area (Å²) >= 11 is 0. The quantitative estimate of drug-likeness (QED) is 0.297. The molecule has 0 radical (unpaired) electrons. The van der Waals surface area contributed by atoms with Gasteiger partial charge in [-0.25, -0.2) is 4.39 Å². The number of rotatable bonds is 6. The number of benzene rings is 1. The molecule has 172 valence electrons. The Labute approximate surface area is 172 Å². The molecule has 14 nitrogen and oxygen atoms in total. The van der Waals surface area contributed by atoms with Crippen LogP contribution in [0.3, 0.4) is 0 Å². The van der Waals surface area contributed by atoms with Gasteiger partial charge in [0.1, 0.15) is 30.5 Å². The van der Waals surface area contributed by atoms with E-state index in [1.807, 2.05) is 0 Å². The van der Waals surface area contributed by atoms with Crippen molar-refractivity contribution in [2.45, 2.75) is 49.3 Å². The summed E-state index contributed by atoms with van der Waals surface area (Å²) in [7, 11) is 0. The highest BCUT2D eigenvalue weighted by atomic mass is 19.1. The Morgan fingerprint density at radius 3 is 2.29 bits per heavy atom.